The van der Waals surface area contributed by atoms with Gasteiger partial charge in [0.05, 0.1) is 10.7 Å². The van der Waals surface area contributed by atoms with Crippen LogP contribution in [0.2, 0.25) is 5.02 Å². The third-order valence-corrected chi connectivity index (χ3v) is 3.49. The molecule has 0 radical (unpaired) electrons. The first kappa shape index (κ1) is 13.9. The van der Waals surface area contributed by atoms with E-state index < -0.39 is 5.91 Å². The molecule has 0 aliphatic carbocycles. The van der Waals surface area contributed by atoms with Crippen molar-refractivity contribution in [2.24, 2.45) is 5.73 Å². The van der Waals surface area contributed by atoms with Crippen LogP contribution >= 0.6 is 27.5 Å². The molecule has 5 heteroatoms. The lowest BCUT2D eigenvalue weighted by Crippen LogP contribution is -2.15. The second kappa shape index (κ2) is 6.08. The number of carbonyl (C=O) groups is 1. The molecule has 0 aliphatic heterocycles. The average molecular weight is 340 g/mol. The van der Waals surface area contributed by atoms with Gasteiger partial charge >= 0.3 is 0 Å². The highest BCUT2D eigenvalue weighted by Gasteiger charge is 2.07. The summed E-state index contributed by atoms with van der Waals surface area (Å²) >= 11 is 9.46. The van der Waals surface area contributed by atoms with Crippen LogP contribution in [0.3, 0.4) is 0 Å². The van der Waals surface area contributed by atoms with E-state index in [2.05, 4.69) is 21.2 Å². The number of amides is 1. The van der Waals surface area contributed by atoms with E-state index in [-0.39, 0.29) is 0 Å². The Hall–Kier alpha value is -1.52. The molecule has 3 N–H and O–H groups in total. The standard InChI is InChI=1S/C14H12BrClN2O/c15-10-5-6-13(12(16)7-10)18-8-9-3-1-2-4-11(9)14(17)19/h1-7,18H,8H2,(H2,17,19). The molecular formula is C14H12BrClN2O. The number of hydrogen-bond acceptors (Lipinski definition) is 2. The van der Waals surface area contributed by atoms with Crippen LogP contribution < -0.4 is 11.1 Å². The van der Waals surface area contributed by atoms with Crippen molar-refractivity contribution in [3.05, 3.63) is 63.1 Å². The summed E-state index contributed by atoms with van der Waals surface area (Å²) in [5.41, 5.74) is 7.50. The first-order valence-corrected chi connectivity index (χ1v) is 6.81. The van der Waals surface area contributed by atoms with Gasteiger partial charge in [0.25, 0.3) is 0 Å². The highest BCUT2D eigenvalue weighted by molar-refractivity contribution is 9.10. The van der Waals surface area contributed by atoms with E-state index in [1.54, 1.807) is 12.1 Å². The monoisotopic (exact) mass is 338 g/mol. The summed E-state index contributed by atoms with van der Waals surface area (Å²) in [6, 6.07) is 12.8. The maximum atomic E-state index is 11.3. The third kappa shape index (κ3) is 3.49. The zero-order valence-corrected chi connectivity index (χ0v) is 12.3. The van der Waals surface area contributed by atoms with Crippen molar-refractivity contribution >= 4 is 39.1 Å². The summed E-state index contributed by atoms with van der Waals surface area (Å²) in [5, 5.41) is 3.81. The van der Waals surface area contributed by atoms with Crippen LogP contribution in [0.1, 0.15) is 15.9 Å². The van der Waals surface area contributed by atoms with E-state index in [9.17, 15) is 4.79 Å². The van der Waals surface area contributed by atoms with Crippen LogP contribution in [0.15, 0.2) is 46.9 Å². The Bertz CT molecular complexity index is 616. The smallest absolute Gasteiger partial charge is 0.249 e. The Balaban J connectivity index is 2.17. The van der Waals surface area contributed by atoms with Gasteiger partial charge in [-0.1, -0.05) is 45.7 Å². The Morgan fingerprint density at radius 3 is 2.68 bits per heavy atom. The molecule has 2 aromatic rings. The number of nitrogens with one attached hydrogen (secondary N) is 1. The number of anilines is 1. The minimum absolute atomic E-state index is 0.431. The summed E-state index contributed by atoms with van der Waals surface area (Å²) in [6.45, 7) is 0.487. The summed E-state index contributed by atoms with van der Waals surface area (Å²) in [6.07, 6.45) is 0. The molecule has 0 bridgehead atoms. The molecule has 0 heterocycles. The molecule has 1 amide bonds. The number of rotatable bonds is 4. The topological polar surface area (TPSA) is 55.1 Å². The number of hydrogen-bond donors (Lipinski definition) is 2. The van der Waals surface area contributed by atoms with E-state index in [1.807, 2.05) is 30.3 Å². The molecule has 0 spiro atoms. The van der Waals surface area contributed by atoms with Gasteiger partial charge in [-0.15, -0.1) is 0 Å². The highest BCUT2D eigenvalue weighted by atomic mass is 79.9. The van der Waals surface area contributed by atoms with E-state index in [4.69, 9.17) is 17.3 Å². The van der Waals surface area contributed by atoms with E-state index >= 15 is 0 Å². The Morgan fingerprint density at radius 2 is 2.00 bits per heavy atom. The fraction of sp³-hybridized carbons (Fsp3) is 0.0714. The molecule has 3 nitrogen and oxygen atoms in total. The predicted octanol–water partition coefficient (Wildman–Crippen LogP) is 3.81. The third-order valence-electron chi connectivity index (χ3n) is 2.68. The van der Waals surface area contributed by atoms with Gasteiger partial charge in [-0.25, -0.2) is 0 Å². The van der Waals surface area contributed by atoms with Crippen molar-refractivity contribution in [1.29, 1.82) is 0 Å². The fourth-order valence-corrected chi connectivity index (χ4v) is 2.48. The Labute approximate surface area is 124 Å². The Morgan fingerprint density at radius 1 is 1.26 bits per heavy atom. The molecule has 0 aliphatic rings. The van der Waals surface area contributed by atoms with Crippen LogP contribution in [0.4, 0.5) is 5.69 Å². The SMILES string of the molecule is NC(=O)c1ccccc1CNc1ccc(Br)cc1Cl. The van der Waals surface area contributed by atoms with Crippen LogP contribution in [-0.2, 0) is 6.54 Å². The summed E-state index contributed by atoms with van der Waals surface area (Å²) < 4.78 is 0.917. The molecule has 19 heavy (non-hydrogen) atoms. The predicted molar refractivity (Wildman–Crippen MR) is 81.4 cm³/mol. The molecule has 0 aromatic heterocycles. The first-order valence-electron chi connectivity index (χ1n) is 5.64. The van der Waals surface area contributed by atoms with Crippen LogP contribution in [0, 0.1) is 0 Å². The lowest BCUT2D eigenvalue weighted by atomic mass is 10.1. The second-order valence-corrected chi connectivity index (χ2v) is 5.32. The average Bonchev–Trinajstić information content (AvgIpc) is 2.38. The van der Waals surface area contributed by atoms with Gasteiger partial charge in [0.2, 0.25) is 5.91 Å². The van der Waals surface area contributed by atoms with Gasteiger partial charge in [-0.05, 0) is 29.8 Å². The molecule has 0 fully saturated rings. The van der Waals surface area contributed by atoms with Gasteiger partial charge in [-0.3, -0.25) is 4.79 Å². The number of halogens is 2. The van der Waals surface area contributed by atoms with Crippen molar-refractivity contribution in [2.75, 3.05) is 5.32 Å². The van der Waals surface area contributed by atoms with Crippen molar-refractivity contribution in [3.63, 3.8) is 0 Å². The molecule has 2 rings (SSSR count). The second-order valence-electron chi connectivity index (χ2n) is 4.00. The largest absolute Gasteiger partial charge is 0.380 e. The maximum Gasteiger partial charge on any atom is 0.249 e. The zero-order valence-electron chi connectivity index (χ0n) is 9.99. The fourth-order valence-electron chi connectivity index (χ4n) is 1.74. The molecule has 0 atom stereocenters. The summed E-state index contributed by atoms with van der Waals surface area (Å²) in [4.78, 5) is 11.3. The molecule has 0 unspecified atom stereocenters. The van der Waals surface area contributed by atoms with E-state index in [0.717, 1.165) is 15.7 Å². The number of primary amides is 1. The number of benzene rings is 2. The van der Waals surface area contributed by atoms with Crippen LogP contribution in [0.5, 0.6) is 0 Å². The molecule has 98 valence electrons. The maximum absolute atomic E-state index is 11.3. The highest BCUT2D eigenvalue weighted by Crippen LogP contribution is 2.26. The lowest BCUT2D eigenvalue weighted by molar-refractivity contribution is 0.0999. The van der Waals surface area contributed by atoms with E-state index in [1.165, 1.54) is 0 Å². The van der Waals surface area contributed by atoms with Crippen molar-refractivity contribution < 1.29 is 4.79 Å². The zero-order chi connectivity index (χ0) is 13.8. The van der Waals surface area contributed by atoms with Gasteiger partial charge in [0, 0.05) is 16.6 Å². The minimum atomic E-state index is -0.431. The Kier molecular flexibility index (Phi) is 4.45. The van der Waals surface area contributed by atoms with Gasteiger partial charge < -0.3 is 11.1 Å². The molecular weight excluding hydrogens is 328 g/mol. The van der Waals surface area contributed by atoms with Crippen molar-refractivity contribution in [1.82, 2.24) is 0 Å². The summed E-state index contributed by atoms with van der Waals surface area (Å²) in [7, 11) is 0. The number of nitrogens with two attached hydrogens (primary N) is 1. The van der Waals surface area contributed by atoms with Crippen LogP contribution in [-0.4, -0.2) is 5.91 Å². The quantitative estimate of drug-likeness (QED) is 0.890. The number of carbonyl (C=O) groups excluding carboxylic acids is 1. The first-order chi connectivity index (χ1) is 9.08. The van der Waals surface area contributed by atoms with Gasteiger partial charge in [0.15, 0.2) is 0 Å². The van der Waals surface area contributed by atoms with E-state index in [0.29, 0.717) is 17.1 Å². The molecule has 0 saturated carbocycles. The summed E-state index contributed by atoms with van der Waals surface area (Å²) in [5.74, 6) is -0.431. The molecule has 0 saturated heterocycles. The van der Waals surface area contributed by atoms with Gasteiger partial charge in [-0.2, -0.15) is 0 Å². The lowest BCUT2D eigenvalue weighted by Gasteiger charge is -2.11. The van der Waals surface area contributed by atoms with Crippen LogP contribution in [0.25, 0.3) is 0 Å². The normalized spacial score (nSPS) is 10.2. The minimum Gasteiger partial charge on any atom is -0.380 e. The van der Waals surface area contributed by atoms with Crippen molar-refractivity contribution in [2.45, 2.75) is 6.54 Å². The van der Waals surface area contributed by atoms with Crippen molar-refractivity contribution in [3.8, 4) is 0 Å². The molecule has 2 aromatic carbocycles. The van der Waals surface area contributed by atoms with Gasteiger partial charge in [0.1, 0.15) is 0 Å².